The van der Waals surface area contributed by atoms with E-state index in [9.17, 15) is 20.3 Å². The molecule has 0 saturated carbocycles. The molecule has 0 aromatic carbocycles. The van der Waals surface area contributed by atoms with Crippen LogP contribution in [-0.4, -0.2) is 44.3 Å². The first kappa shape index (κ1) is 14.3. The van der Waals surface area contributed by atoms with Crippen molar-refractivity contribution in [3.05, 3.63) is 0 Å². The number of hydroxylamine groups is 4. The quantitative estimate of drug-likeness (QED) is 0.427. The SMILES string of the molecule is CC1N(O)C(C(=O)[O-])N(O)C1(C)C.[Na+]. The van der Waals surface area contributed by atoms with Crippen molar-refractivity contribution in [2.45, 2.75) is 38.5 Å². The molecule has 6 nitrogen and oxygen atoms in total. The predicted octanol–water partition coefficient (Wildman–Crippen LogP) is -4.37. The molecular weight excluding hydrogens is 199 g/mol. The van der Waals surface area contributed by atoms with Gasteiger partial charge < -0.3 is 20.3 Å². The van der Waals surface area contributed by atoms with E-state index in [4.69, 9.17) is 0 Å². The largest absolute Gasteiger partial charge is 1.00 e. The van der Waals surface area contributed by atoms with Gasteiger partial charge in [-0.2, -0.15) is 10.1 Å². The molecule has 2 N–H and O–H groups in total. The zero-order valence-corrected chi connectivity index (χ0v) is 10.8. The van der Waals surface area contributed by atoms with Gasteiger partial charge in [0.2, 0.25) is 0 Å². The fourth-order valence-corrected chi connectivity index (χ4v) is 1.36. The Morgan fingerprint density at radius 3 is 2.00 bits per heavy atom. The first-order valence-electron chi connectivity index (χ1n) is 3.96. The van der Waals surface area contributed by atoms with Crippen molar-refractivity contribution in [3.63, 3.8) is 0 Å². The third-order valence-electron chi connectivity index (χ3n) is 2.70. The summed E-state index contributed by atoms with van der Waals surface area (Å²) in [5.41, 5.74) is -0.820. The Balaban J connectivity index is 0.00000169. The van der Waals surface area contributed by atoms with E-state index in [1.165, 1.54) is 0 Å². The molecule has 1 fully saturated rings. The molecule has 1 aliphatic rings. The van der Waals surface area contributed by atoms with E-state index in [1.807, 2.05) is 0 Å². The Kier molecular flexibility index (Phi) is 4.54. The van der Waals surface area contributed by atoms with Gasteiger partial charge in [0.25, 0.3) is 0 Å². The minimum atomic E-state index is -1.53. The fourth-order valence-electron chi connectivity index (χ4n) is 1.36. The summed E-state index contributed by atoms with van der Waals surface area (Å²) in [6, 6.07) is -0.486. The van der Waals surface area contributed by atoms with Gasteiger partial charge in [-0.15, -0.1) is 0 Å². The van der Waals surface area contributed by atoms with E-state index < -0.39 is 23.7 Å². The molecular formula is C7H13N2NaO4. The molecule has 2 atom stereocenters. The fraction of sp³-hybridized carbons (Fsp3) is 0.857. The van der Waals surface area contributed by atoms with E-state index in [2.05, 4.69) is 0 Å². The van der Waals surface area contributed by atoms with Crippen LogP contribution in [0.1, 0.15) is 20.8 Å². The minimum Gasteiger partial charge on any atom is -0.547 e. The van der Waals surface area contributed by atoms with E-state index >= 15 is 0 Å². The number of nitrogens with zero attached hydrogens (tertiary/aromatic N) is 2. The molecule has 0 bridgehead atoms. The van der Waals surface area contributed by atoms with Gasteiger partial charge in [0.1, 0.15) is 0 Å². The molecule has 2 unspecified atom stereocenters. The molecule has 1 saturated heterocycles. The third-order valence-corrected chi connectivity index (χ3v) is 2.70. The molecule has 0 aromatic heterocycles. The molecule has 76 valence electrons. The molecule has 7 heteroatoms. The van der Waals surface area contributed by atoms with Crippen LogP contribution in [0.4, 0.5) is 0 Å². The maximum absolute atomic E-state index is 10.5. The number of hydrogen-bond acceptors (Lipinski definition) is 6. The van der Waals surface area contributed by atoms with E-state index in [0.29, 0.717) is 10.1 Å². The Bertz CT molecular complexity index is 236. The summed E-state index contributed by atoms with van der Waals surface area (Å²) >= 11 is 0. The molecule has 0 aliphatic carbocycles. The van der Waals surface area contributed by atoms with Gasteiger partial charge in [0.05, 0.1) is 17.6 Å². The molecule has 0 aromatic rings. The normalized spacial score (nSPS) is 32.6. The summed E-state index contributed by atoms with van der Waals surface area (Å²) in [7, 11) is 0. The topological polar surface area (TPSA) is 87.1 Å². The van der Waals surface area contributed by atoms with Crippen LogP contribution in [0.2, 0.25) is 0 Å². The van der Waals surface area contributed by atoms with Gasteiger partial charge >= 0.3 is 29.6 Å². The van der Waals surface area contributed by atoms with Gasteiger partial charge in [0, 0.05) is 0 Å². The summed E-state index contributed by atoms with van der Waals surface area (Å²) in [5, 5.41) is 30.5. The van der Waals surface area contributed by atoms with Crippen molar-refractivity contribution < 1.29 is 49.9 Å². The van der Waals surface area contributed by atoms with Gasteiger partial charge in [-0.25, -0.2) is 0 Å². The molecule has 1 heterocycles. The maximum atomic E-state index is 10.5. The van der Waals surface area contributed by atoms with E-state index in [-0.39, 0.29) is 29.6 Å². The molecule has 1 rings (SSSR count). The van der Waals surface area contributed by atoms with E-state index in [1.54, 1.807) is 20.8 Å². The van der Waals surface area contributed by atoms with Gasteiger partial charge in [0.15, 0.2) is 6.17 Å². The number of rotatable bonds is 1. The van der Waals surface area contributed by atoms with Crippen LogP contribution in [0.5, 0.6) is 0 Å². The Hall–Kier alpha value is 0.310. The van der Waals surface area contributed by atoms with Gasteiger partial charge in [-0.1, -0.05) is 0 Å². The molecule has 0 spiro atoms. The number of carbonyl (C=O) groups is 1. The van der Waals surface area contributed by atoms with Gasteiger partial charge in [-0.3, -0.25) is 0 Å². The minimum absolute atomic E-state index is 0. The number of carbonyl (C=O) groups excluding carboxylic acids is 1. The Morgan fingerprint density at radius 1 is 1.43 bits per heavy atom. The second-order valence-electron chi connectivity index (χ2n) is 3.75. The summed E-state index contributed by atoms with van der Waals surface area (Å²) < 4.78 is 0. The van der Waals surface area contributed by atoms with Crippen molar-refractivity contribution in [3.8, 4) is 0 Å². The molecule has 0 radical (unpaired) electrons. The summed E-state index contributed by atoms with van der Waals surface area (Å²) in [6.07, 6.45) is -1.50. The summed E-state index contributed by atoms with van der Waals surface area (Å²) in [6.45, 7) is 4.87. The second kappa shape index (κ2) is 4.44. The zero-order chi connectivity index (χ0) is 10.4. The average Bonchev–Trinajstić information content (AvgIpc) is 2.14. The zero-order valence-electron chi connectivity index (χ0n) is 8.76. The van der Waals surface area contributed by atoms with Crippen molar-refractivity contribution in [1.29, 1.82) is 0 Å². The predicted molar refractivity (Wildman–Crippen MR) is 39.6 cm³/mol. The molecule has 14 heavy (non-hydrogen) atoms. The number of aliphatic carboxylic acids is 1. The number of carboxylic acid groups (broad SMARTS) is 1. The Morgan fingerprint density at radius 2 is 1.86 bits per heavy atom. The van der Waals surface area contributed by atoms with Crippen LogP contribution in [0.15, 0.2) is 0 Å². The van der Waals surface area contributed by atoms with Crippen LogP contribution >= 0.6 is 0 Å². The average molecular weight is 212 g/mol. The second-order valence-corrected chi connectivity index (χ2v) is 3.75. The summed E-state index contributed by atoms with van der Waals surface area (Å²) in [4.78, 5) is 10.5. The van der Waals surface area contributed by atoms with Crippen LogP contribution in [-0.2, 0) is 4.79 Å². The van der Waals surface area contributed by atoms with Crippen molar-refractivity contribution in [2.24, 2.45) is 0 Å². The van der Waals surface area contributed by atoms with E-state index in [0.717, 1.165) is 0 Å². The smallest absolute Gasteiger partial charge is 0.547 e. The maximum Gasteiger partial charge on any atom is 1.00 e. The van der Waals surface area contributed by atoms with Gasteiger partial charge in [-0.05, 0) is 20.8 Å². The van der Waals surface area contributed by atoms with Crippen LogP contribution in [0.3, 0.4) is 0 Å². The number of hydrogen-bond donors (Lipinski definition) is 2. The standard InChI is InChI=1S/C7H14N2O4.Na/c1-4-7(2,3)9(13)5(6(10)11)8(4)12;/h4-5,12-13H,1-3H3,(H,10,11);/q;+1/p-1. The third kappa shape index (κ3) is 1.96. The summed E-state index contributed by atoms with van der Waals surface area (Å²) in [5.74, 6) is -1.53. The molecule has 0 amide bonds. The monoisotopic (exact) mass is 212 g/mol. The van der Waals surface area contributed by atoms with Crippen molar-refractivity contribution >= 4 is 5.97 Å². The molecule has 1 aliphatic heterocycles. The first-order valence-corrected chi connectivity index (χ1v) is 3.96. The van der Waals surface area contributed by atoms with Crippen molar-refractivity contribution in [1.82, 2.24) is 10.1 Å². The number of carboxylic acids is 1. The van der Waals surface area contributed by atoms with Crippen molar-refractivity contribution in [2.75, 3.05) is 0 Å². The Labute approximate surface area is 104 Å². The van der Waals surface area contributed by atoms with Crippen LogP contribution in [0.25, 0.3) is 0 Å². The van der Waals surface area contributed by atoms with Crippen LogP contribution < -0.4 is 34.7 Å². The van der Waals surface area contributed by atoms with Crippen LogP contribution in [0, 0.1) is 0 Å². The first-order chi connectivity index (χ1) is 5.80.